The van der Waals surface area contributed by atoms with Crippen LogP contribution in [0.15, 0.2) is 72.8 Å². The van der Waals surface area contributed by atoms with E-state index in [1.165, 1.54) is 18.2 Å². The van der Waals surface area contributed by atoms with E-state index in [0.29, 0.717) is 24.2 Å². The Morgan fingerprint density at radius 3 is 2.24 bits per heavy atom. The maximum absolute atomic E-state index is 12.3. The van der Waals surface area contributed by atoms with Gasteiger partial charge in [-0.25, -0.2) is 0 Å². The first-order valence-electron chi connectivity index (χ1n) is 8.85. The van der Waals surface area contributed by atoms with Crippen molar-refractivity contribution in [2.24, 2.45) is 5.73 Å². The number of hydrogen-bond donors (Lipinski definition) is 2. The van der Waals surface area contributed by atoms with E-state index >= 15 is 0 Å². The molecule has 0 heterocycles. The zero-order valence-corrected chi connectivity index (χ0v) is 15.4. The first-order valence-corrected chi connectivity index (χ1v) is 8.85. The first kappa shape index (κ1) is 20.4. The lowest BCUT2D eigenvalue weighted by molar-refractivity contribution is -0.274. The molecule has 3 N–H and O–H groups in total. The molecule has 0 aliphatic heterocycles. The van der Waals surface area contributed by atoms with Gasteiger partial charge >= 0.3 is 6.36 Å². The number of carbonyl (C=O) groups excluding carboxylic acids is 1. The van der Waals surface area contributed by atoms with Gasteiger partial charge in [0.2, 0.25) is 5.91 Å². The van der Waals surface area contributed by atoms with Crippen molar-refractivity contribution in [3.63, 3.8) is 0 Å². The quantitative estimate of drug-likeness (QED) is 0.607. The highest BCUT2D eigenvalue weighted by Crippen LogP contribution is 2.24. The molecular weight excluding hydrogens is 381 g/mol. The van der Waals surface area contributed by atoms with Crippen LogP contribution in [0.2, 0.25) is 0 Å². The fourth-order valence-corrected chi connectivity index (χ4v) is 2.87. The summed E-state index contributed by atoms with van der Waals surface area (Å²) in [6.45, 7) is 0.948. The molecule has 0 fully saturated rings. The third-order valence-electron chi connectivity index (χ3n) is 4.22. The molecule has 0 radical (unpaired) electrons. The number of benzene rings is 3. The van der Waals surface area contributed by atoms with Crippen molar-refractivity contribution >= 4 is 5.91 Å². The SMILES string of the molecule is NC(=O)c1cccc(-c2ccc(CNCc3cccc(OC(F)(F)F)c3)cc2)c1. The van der Waals surface area contributed by atoms with Gasteiger partial charge in [-0.3, -0.25) is 4.79 Å². The number of amides is 1. The number of halogens is 3. The molecule has 4 nitrogen and oxygen atoms in total. The van der Waals surface area contributed by atoms with Gasteiger partial charge in [0.1, 0.15) is 5.75 Å². The summed E-state index contributed by atoms with van der Waals surface area (Å²) in [6.07, 6.45) is -4.70. The molecule has 0 aromatic heterocycles. The third kappa shape index (κ3) is 6.08. The summed E-state index contributed by atoms with van der Waals surface area (Å²) in [4.78, 5) is 11.3. The van der Waals surface area contributed by atoms with Gasteiger partial charge in [-0.1, -0.05) is 48.5 Å². The number of nitrogens with two attached hydrogens (primary N) is 1. The number of carbonyl (C=O) groups is 1. The Bertz CT molecular complexity index is 986. The van der Waals surface area contributed by atoms with Gasteiger partial charge in [0.15, 0.2) is 0 Å². The van der Waals surface area contributed by atoms with Crippen LogP contribution < -0.4 is 15.8 Å². The summed E-state index contributed by atoms with van der Waals surface area (Å²) in [5.74, 6) is -0.711. The van der Waals surface area contributed by atoms with Crippen LogP contribution in [0.5, 0.6) is 5.75 Å². The molecule has 150 valence electrons. The van der Waals surface area contributed by atoms with Gasteiger partial charge in [0, 0.05) is 18.7 Å². The predicted molar refractivity (Wildman–Crippen MR) is 104 cm³/mol. The molecule has 29 heavy (non-hydrogen) atoms. The highest BCUT2D eigenvalue weighted by Gasteiger charge is 2.31. The molecule has 3 rings (SSSR count). The number of ether oxygens (including phenoxy) is 1. The Hall–Kier alpha value is -3.32. The topological polar surface area (TPSA) is 64.4 Å². The molecular formula is C22H19F3N2O2. The van der Waals surface area contributed by atoms with E-state index in [0.717, 1.165) is 16.7 Å². The molecule has 0 saturated heterocycles. The molecule has 0 spiro atoms. The van der Waals surface area contributed by atoms with Crippen molar-refractivity contribution in [3.05, 3.63) is 89.5 Å². The second kappa shape index (κ2) is 8.79. The molecule has 3 aromatic carbocycles. The fourth-order valence-electron chi connectivity index (χ4n) is 2.87. The van der Waals surface area contributed by atoms with Crippen molar-refractivity contribution < 1.29 is 22.7 Å². The summed E-state index contributed by atoms with van der Waals surface area (Å²) in [7, 11) is 0. The van der Waals surface area contributed by atoms with Crippen molar-refractivity contribution in [1.82, 2.24) is 5.32 Å². The van der Waals surface area contributed by atoms with E-state index in [4.69, 9.17) is 5.73 Å². The summed E-state index contributed by atoms with van der Waals surface area (Å²) >= 11 is 0. The molecule has 0 aliphatic rings. The van der Waals surface area contributed by atoms with Gasteiger partial charge in [-0.05, 0) is 46.5 Å². The number of nitrogens with one attached hydrogen (secondary N) is 1. The zero-order chi connectivity index (χ0) is 20.9. The minimum absolute atomic E-state index is 0.237. The van der Waals surface area contributed by atoms with Gasteiger partial charge in [0.25, 0.3) is 0 Å². The van der Waals surface area contributed by atoms with Crippen molar-refractivity contribution in [2.75, 3.05) is 0 Å². The maximum Gasteiger partial charge on any atom is 0.573 e. The Labute approximate surface area is 166 Å². The van der Waals surface area contributed by atoms with Crippen LogP contribution >= 0.6 is 0 Å². The molecule has 0 bridgehead atoms. The molecule has 0 unspecified atom stereocenters. The van der Waals surface area contributed by atoms with Crippen LogP contribution in [0.1, 0.15) is 21.5 Å². The molecule has 3 aromatic rings. The fraction of sp³-hybridized carbons (Fsp3) is 0.136. The lowest BCUT2D eigenvalue weighted by atomic mass is 10.0. The summed E-state index contributed by atoms with van der Waals surface area (Å²) in [5.41, 5.74) is 9.31. The van der Waals surface area contributed by atoms with Crippen molar-refractivity contribution in [3.8, 4) is 16.9 Å². The van der Waals surface area contributed by atoms with Crippen LogP contribution in [0.4, 0.5) is 13.2 Å². The first-order chi connectivity index (χ1) is 13.8. The number of hydrogen-bond acceptors (Lipinski definition) is 3. The van der Waals surface area contributed by atoms with E-state index in [9.17, 15) is 18.0 Å². The lowest BCUT2D eigenvalue weighted by Crippen LogP contribution is -2.17. The van der Waals surface area contributed by atoms with Gasteiger partial charge in [-0.2, -0.15) is 0 Å². The second-order valence-corrected chi connectivity index (χ2v) is 6.44. The Morgan fingerprint density at radius 2 is 1.55 bits per heavy atom. The van der Waals surface area contributed by atoms with Gasteiger partial charge in [0.05, 0.1) is 0 Å². The molecule has 0 atom stereocenters. The maximum atomic E-state index is 12.3. The van der Waals surface area contributed by atoms with E-state index in [1.807, 2.05) is 30.3 Å². The Morgan fingerprint density at radius 1 is 0.862 bits per heavy atom. The van der Waals surface area contributed by atoms with Gasteiger partial charge < -0.3 is 15.8 Å². The average Bonchev–Trinajstić information content (AvgIpc) is 2.68. The number of rotatable bonds is 7. The number of primary amides is 1. The average molecular weight is 400 g/mol. The standard InChI is InChI=1S/C22H19F3N2O2/c23-22(24,25)29-20-6-1-3-16(11-20)14-27-13-15-7-9-17(10-8-15)18-4-2-5-19(12-18)21(26)28/h1-12,27H,13-14H2,(H2,26,28). The predicted octanol–water partition coefficient (Wildman–Crippen LogP) is 4.64. The van der Waals surface area contributed by atoms with E-state index in [1.54, 1.807) is 24.3 Å². The minimum atomic E-state index is -4.70. The van der Waals surface area contributed by atoms with Crippen molar-refractivity contribution in [1.29, 1.82) is 0 Å². The van der Waals surface area contributed by atoms with Crippen LogP contribution in [-0.2, 0) is 13.1 Å². The van der Waals surface area contributed by atoms with E-state index in [2.05, 4.69) is 10.1 Å². The Balaban J connectivity index is 1.58. The molecule has 1 amide bonds. The third-order valence-corrected chi connectivity index (χ3v) is 4.22. The molecule has 0 aliphatic carbocycles. The van der Waals surface area contributed by atoms with Crippen LogP contribution in [0.25, 0.3) is 11.1 Å². The highest BCUT2D eigenvalue weighted by atomic mass is 19.4. The molecule has 0 saturated carbocycles. The van der Waals surface area contributed by atoms with Crippen LogP contribution in [-0.4, -0.2) is 12.3 Å². The van der Waals surface area contributed by atoms with Gasteiger partial charge in [-0.15, -0.1) is 13.2 Å². The minimum Gasteiger partial charge on any atom is -0.406 e. The van der Waals surface area contributed by atoms with E-state index in [-0.39, 0.29) is 5.75 Å². The van der Waals surface area contributed by atoms with Crippen LogP contribution in [0, 0.1) is 0 Å². The highest BCUT2D eigenvalue weighted by molar-refractivity contribution is 5.94. The normalized spacial score (nSPS) is 11.3. The monoisotopic (exact) mass is 400 g/mol. The number of alkyl halides is 3. The lowest BCUT2D eigenvalue weighted by Gasteiger charge is -2.11. The Kier molecular flexibility index (Phi) is 6.19. The largest absolute Gasteiger partial charge is 0.573 e. The smallest absolute Gasteiger partial charge is 0.406 e. The summed E-state index contributed by atoms with van der Waals surface area (Å²) in [5, 5.41) is 3.19. The summed E-state index contributed by atoms with van der Waals surface area (Å²) < 4.78 is 40.8. The zero-order valence-electron chi connectivity index (χ0n) is 15.4. The van der Waals surface area contributed by atoms with Crippen LogP contribution in [0.3, 0.4) is 0 Å². The second-order valence-electron chi connectivity index (χ2n) is 6.44. The summed E-state index contributed by atoms with van der Waals surface area (Å²) in [6, 6.07) is 20.7. The molecule has 7 heteroatoms. The van der Waals surface area contributed by atoms with E-state index < -0.39 is 12.3 Å². The van der Waals surface area contributed by atoms with Crippen molar-refractivity contribution in [2.45, 2.75) is 19.5 Å².